The number of benzene rings is 2. The van der Waals surface area contributed by atoms with Gasteiger partial charge in [-0.1, -0.05) is 18.2 Å². The monoisotopic (exact) mass is 530 g/mol. The number of hydrogen-bond donors (Lipinski definition) is 4. The van der Waals surface area contributed by atoms with Gasteiger partial charge in [-0.25, -0.2) is 13.4 Å². The maximum atomic E-state index is 12.1. The lowest BCUT2D eigenvalue weighted by molar-refractivity contribution is -0.115. The molecule has 0 bridgehead atoms. The average Bonchev–Trinajstić information content (AvgIpc) is 3.31. The highest BCUT2D eigenvalue weighted by atomic mass is 32.2. The van der Waals surface area contributed by atoms with E-state index in [-0.39, 0.29) is 35.4 Å². The molecule has 192 valence electrons. The van der Waals surface area contributed by atoms with Crippen molar-refractivity contribution in [2.45, 2.75) is 38.8 Å². The Balaban J connectivity index is 1.52. The minimum atomic E-state index is -3.59. The Labute approximate surface area is 215 Å². The molecule has 36 heavy (non-hydrogen) atoms. The summed E-state index contributed by atoms with van der Waals surface area (Å²) in [4.78, 5) is 28.1. The van der Waals surface area contributed by atoms with Crippen LogP contribution in [0.5, 0.6) is 0 Å². The Hall–Kier alpha value is -3.12. The van der Waals surface area contributed by atoms with Crippen LogP contribution in [0.15, 0.2) is 53.4 Å². The predicted octanol–water partition coefficient (Wildman–Crippen LogP) is 3.15. The molecule has 3 aromatic rings. The summed E-state index contributed by atoms with van der Waals surface area (Å²) in [5.74, 6) is -0.400. The number of hydrogen-bond acceptors (Lipinski definition) is 8. The van der Waals surface area contributed by atoms with E-state index in [0.29, 0.717) is 24.2 Å². The van der Waals surface area contributed by atoms with Gasteiger partial charge in [0.15, 0.2) is 5.78 Å². The Bertz CT molecular complexity index is 1290. The molecule has 0 aliphatic rings. The maximum Gasteiger partial charge on any atom is 0.230 e. The number of anilines is 2. The molecule has 9 nitrogen and oxygen atoms in total. The fraction of sp³-hybridized carbons (Fsp3) is 0.320. The molecule has 4 N–H and O–H groups in total. The molecule has 0 aliphatic carbocycles. The second-order valence-corrected chi connectivity index (χ2v) is 11.0. The zero-order chi connectivity index (χ0) is 26.3. The number of sulfonamides is 1. The number of thiazole rings is 1. The number of carbonyl (C=O) groups is 2. The number of carbonyl (C=O) groups excluding carboxylic acids is 2. The number of aliphatic hydroxyl groups excluding tert-OH is 1. The number of aromatic nitrogens is 1. The topological polar surface area (TPSA) is 137 Å². The number of rotatable bonds is 12. The number of nitrogens with one attached hydrogen (secondary N) is 3. The lowest BCUT2D eigenvalue weighted by atomic mass is 9.99. The van der Waals surface area contributed by atoms with Crippen molar-refractivity contribution in [1.29, 1.82) is 0 Å². The summed E-state index contributed by atoms with van der Waals surface area (Å²) in [5.41, 5.74) is 5.09. The van der Waals surface area contributed by atoms with Gasteiger partial charge in [0, 0.05) is 22.7 Å². The van der Waals surface area contributed by atoms with E-state index >= 15 is 0 Å². The van der Waals surface area contributed by atoms with Crippen LogP contribution >= 0.6 is 11.3 Å². The highest BCUT2D eigenvalue weighted by molar-refractivity contribution is 7.92. The van der Waals surface area contributed by atoms with Gasteiger partial charge in [-0.05, 0) is 62.2 Å². The smallest absolute Gasteiger partial charge is 0.230 e. The number of nitrogens with zero attached hydrogens (tertiary/aromatic N) is 1. The SMILES string of the molecule is CC(=O)c1ccc(C(O)C(C)NCCc2ccc(NC(=O)Cc3cscn3)cc2)cc1NS(C)(=O)=O. The van der Waals surface area contributed by atoms with Gasteiger partial charge in [-0.3, -0.25) is 14.3 Å². The first kappa shape index (κ1) is 27.5. The number of ketones is 1. The van der Waals surface area contributed by atoms with Crippen LogP contribution in [0.2, 0.25) is 0 Å². The normalized spacial score (nSPS) is 13.1. The standard InChI is InChI=1S/C25H30N4O5S2/c1-16(25(32)19-6-9-22(17(2)30)23(12-19)29-36(3,33)34)26-11-10-18-4-7-20(8-5-18)28-24(31)13-21-14-35-15-27-21/h4-9,12,14-16,25-26,29,32H,10-11,13H2,1-3H3,(H,28,31). The summed E-state index contributed by atoms with van der Waals surface area (Å²) in [6, 6.07) is 11.9. The van der Waals surface area contributed by atoms with Crippen molar-refractivity contribution in [1.82, 2.24) is 10.3 Å². The van der Waals surface area contributed by atoms with Gasteiger partial charge >= 0.3 is 0 Å². The summed E-state index contributed by atoms with van der Waals surface area (Å²) in [6.07, 6.45) is 1.03. The number of aliphatic hydroxyl groups is 1. The van der Waals surface area contributed by atoms with Gasteiger partial charge in [-0.2, -0.15) is 0 Å². The average molecular weight is 531 g/mol. The van der Waals surface area contributed by atoms with Gasteiger partial charge in [0.2, 0.25) is 15.9 Å². The van der Waals surface area contributed by atoms with Crippen molar-refractivity contribution in [3.63, 3.8) is 0 Å². The molecular formula is C25H30N4O5S2. The van der Waals surface area contributed by atoms with E-state index < -0.39 is 16.1 Å². The van der Waals surface area contributed by atoms with E-state index in [4.69, 9.17) is 0 Å². The lowest BCUT2D eigenvalue weighted by Gasteiger charge is -2.22. The van der Waals surface area contributed by atoms with Crippen LogP contribution in [0.1, 0.15) is 47.1 Å². The molecule has 0 saturated carbocycles. The molecule has 1 amide bonds. The number of Topliss-reactive ketones (excluding diaryl/α,β-unsaturated/α-hetero) is 1. The van der Waals surface area contributed by atoms with Crippen molar-refractivity contribution in [2.24, 2.45) is 0 Å². The molecule has 0 aliphatic heterocycles. The van der Waals surface area contributed by atoms with Crippen LogP contribution < -0.4 is 15.4 Å². The van der Waals surface area contributed by atoms with Crippen LogP contribution in [0.3, 0.4) is 0 Å². The molecule has 1 aromatic heterocycles. The fourth-order valence-electron chi connectivity index (χ4n) is 3.63. The Morgan fingerprint density at radius 1 is 1.14 bits per heavy atom. The first-order valence-electron chi connectivity index (χ1n) is 11.3. The Morgan fingerprint density at radius 2 is 1.86 bits per heavy atom. The van der Waals surface area contributed by atoms with E-state index in [1.54, 1.807) is 11.6 Å². The van der Waals surface area contributed by atoms with Gasteiger partial charge in [0.1, 0.15) is 0 Å². The molecule has 0 spiro atoms. The summed E-state index contributed by atoms with van der Waals surface area (Å²) < 4.78 is 25.7. The van der Waals surface area contributed by atoms with E-state index in [1.165, 1.54) is 30.4 Å². The van der Waals surface area contributed by atoms with Gasteiger partial charge in [0.25, 0.3) is 0 Å². The first-order chi connectivity index (χ1) is 17.0. The molecule has 0 saturated heterocycles. The third kappa shape index (κ3) is 8.23. The van der Waals surface area contributed by atoms with Crippen LogP contribution in [0, 0.1) is 0 Å². The van der Waals surface area contributed by atoms with Crippen molar-refractivity contribution in [3.8, 4) is 0 Å². The van der Waals surface area contributed by atoms with Gasteiger partial charge < -0.3 is 15.7 Å². The van der Waals surface area contributed by atoms with Crippen LogP contribution in [0.25, 0.3) is 0 Å². The van der Waals surface area contributed by atoms with Crippen LogP contribution in [0.4, 0.5) is 11.4 Å². The Kier molecular flexibility index (Phi) is 9.32. The Morgan fingerprint density at radius 3 is 2.47 bits per heavy atom. The zero-order valence-corrected chi connectivity index (χ0v) is 21.9. The highest BCUT2D eigenvalue weighted by Gasteiger charge is 2.19. The second kappa shape index (κ2) is 12.2. The molecule has 11 heteroatoms. The molecule has 2 aromatic carbocycles. The van der Waals surface area contributed by atoms with E-state index in [2.05, 4.69) is 20.3 Å². The van der Waals surface area contributed by atoms with Gasteiger partial charge in [-0.15, -0.1) is 11.3 Å². The summed E-state index contributed by atoms with van der Waals surface area (Å²) in [5, 5.41) is 18.8. The maximum absolute atomic E-state index is 12.1. The summed E-state index contributed by atoms with van der Waals surface area (Å²) >= 11 is 1.45. The molecule has 2 atom stereocenters. The van der Waals surface area contributed by atoms with Crippen LogP contribution in [-0.4, -0.2) is 49.0 Å². The zero-order valence-electron chi connectivity index (χ0n) is 20.3. The second-order valence-electron chi connectivity index (χ2n) is 8.57. The van der Waals surface area contributed by atoms with Crippen LogP contribution in [-0.2, 0) is 27.7 Å². The quantitative estimate of drug-likeness (QED) is 0.264. The summed E-state index contributed by atoms with van der Waals surface area (Å²) in [6.45, 7) is 3.77. The van der Waals surface area contributed by atoms with Crippen molar-refractivity contribution >= 4 is 44.4 Å². The van der Waals surface area contributed by atoms with Crippen molar-refractivity contribution in [3.05, 3.63) is 75.7 Å². The molecular weight excluding hydrogens is 500 g/mol. The van der Waals surface area contributed by atoms with E-state index in [1.807, 2.05) is 36.6 Å². The fourth-order valence-corrected chi connectivity index (χ4v) is 4.76. The van der Waals surface area contributed by atoms with Crippen molar-refractivity contribution < 1.29 is 23.1 Å². The predicted molar refractivity (Wildman–Crippen MR) is 142 cm³/mol. The third-order valence-electron chi connectivity index (χ3n) is 5.48. The van der Waals surface area contributed by atoms with E-state index in [9.17, 15) is 23.1 Å². The molecule has 0 fully saturated rings. The van der Waals surface area contributed by atoms with Gasteiger partial charge in [0.05, 0.1) is 35.7 Å². The minimum absolute atomic E-state index is 0.121. The van der Waals surface area contributed by atoms with E-state index in [0.717, 1.165) is 17.5 Å². The van der Waals surface area contributed by atoms with Crippen molar-refractivity contribution in [2.75, 3.05) is 22.8 Å². The minimum Gasteiger partial charge on any atom is -0.387 e. The largest absolute Gasteiger partial charge is 0.387 e. The first-order valence-corrected chi connectivity index (χ1v) is 14.1. The molecule has 1 heterocycles. The number of amides is 1. The third-order valence-corrected chi connectivity index (χ3v) is 6.70. The summed E-state index contributed by atoms with van der Waals surface area (Å²) in [7, 11) is -3.59. The highest BCUT2D eigenvalue weighted by Crippen LogP contribution is 2.25. The molecule has 3 rings (SSSR count). The molecule has 0 radical (unpaired) electrons. The lowest BCUT2D eigenvalue weighted by Crippen LogP contribution is -2.33. The molecule has 2 unspecified atom stereocenters.